The largest absolute Gasteiger partial charge is 0.452 e. The molecule has 1 rings (SSSR count). The first-order valence-corrected chi connectivity index (χ1v) is 7.69. The zero-order chi connectivity index (χ0) is 16.0. The van der Waals surface area contributed by atoms with Gasteiger partial charge < -0.3 is 10.1 Å². The van der Waals surface area contributed by atoms with Crippen molar-refractivity contribution in [2.24, 2.45) is 0 Å². The van der Waals surface area contributed by atoms with E-state index in [1.54, 1.807) is 6.92 Å². The minimum absolute atomic E-state index is 0.0766. The van der Waals surface area contributed by atoms with Gasteiger partial charge in [0.05, 0.1) is 10.5 Å². The van der Waals surface area contributed by atoms with E-state index in [0.717, 1.165) is 4.31 Å². The Balaban J connectivity index is 2.75. The molecule has 21 heavy (non-hydrogen) atoms. The minimum atomic E-state index is -3.54. The Morgan fingerprint density at radius 3 is 2.24 bits per heavy atom. The van der Waals surface area contributed by atoms with Crippen molar-refractivity contribution in [2.45, 2.75) is 11.8 Å². The van der Waals surface area contributed by atoms with Crippen LogP contribution in [0.4, 0.5) is 0 Å². The highest BCUT2D eigenvalue weighted by atomic mass is 32.2. The van der Waals surface area contributed by atoms with Gasteiger partial charge in [-0.15, -0.1) is 0 Å². The third-order valence-corrected chi connectivity index (χ3v) is 4.41. The Morgan fingerprint density at radius 1 is 1.19 bits per heavy atom. The normalized spacial score (nSPS) is 11.2. The van der Waals surface area contributed by atoms with Crippen LogP contribution >= 0.6 is 0 Å². The average Bonchev–Trinajstić information content (AvgIpc) is 2.45. The highest BCUT2D eigenvalue weighted by molar-refractivity contribution is 7.89. The van der Waals surface area contributed by atoms with Gasteiger partial charge in [0.2, 0.25) is 10.0 Å². The lowest BCUT2D eigenvalue weighted by atomic mass is 10.2. The van der Waals surface area contributed by atoms with E-state index in [0.29, 0.717) is 6.54 Å². The van der Waals surface area contributed by atoms with Crippen molar-refractivity contribution in [2.75, 3.05) is 27.2 Å². The molecule has 0 unspecified atom stereocenters. The first kappa shape index (κ1) is 17.1. The number of rotatable bonds is 6. The number of nitrogens with zero attached hydrogens (tertiary/aromatic N) is 1. The standard InChI is InChI=1S/C13H18N2O5S/c1-4-14-12(16)9-20-13(17)10-5-7-11(8-6-10)21(18,19)15(2)3/h5-8H,4,9H2,1-3H3,(H,14,16). The molecule has 1 N–H and O–H groups in total. The molecule has 1 amide bonds. The topological polar surface area (TPSA) is 92.8 Å². The maximum absolute atomic E-state index is 11.9. The Hall–Kier alpha value is -1.93. The Labute approximate surface area is 123 Å². The van der Waals surface area contributed by atoms with Crippen molar-refractivity contribution in [1.82, 2.24) is 9.62 Å². The Morgan fingerprint density at radius 2 is 1.76 bits per heavy atom. The lowest BCUT2D eigenvalue weighted by molar-refractivity contribution is -0.124. The van der Waals surface area contributed by atoms with Crippen LogP contribution in [-0.4, -0.2) is 51.8 Å². The summed E-state index contributed by atoms with van der Waals surface area (Å²) >= 11 is 0. The van der Waals surface area contributed by atoms with Crippen molar-refractivity contribution in [3.05, 3.63) is 29.8 Å². The number of carbonyl (C=O) groups excluding carboxylic acids is 2. The van der Waals surface area contributed by atoms with Crippen molar-refractivity contribution in [1.29, 1.82) is 0 Å². The van der Waals surface area contributed by atoms with Crippen molar-refractivity contribution < 1.29 is 22.7 Å². The average molecular weight is 314 g/mol. The minimum Gasteiger partial charge on any atom is -0.452 e. The van der Waals surface area contributed by atoms with Crippen molar-refractivity contribution in [3.63, 3.8) is 0 Å². The molecule has 0 atom stereocenters. The highest BCUT2D eigenvalue weighted by Crippen LogP contribution is 2.14. The van der Waals surface area contributed by atoms with E-state index in [2.05, 4.69) is 5.32 Å². The van der Waals surface area contributed by atoms with Crippen LogP contribution in [0.25, 0.3) is 0 Å². The zero-order valence-electron chi connectivity index (χ0n) is 12.1. The highest BCUT2D eigenvalue weighted by Gasteiger charge is 2.18. The summed E-state index contributed by atoms with van der Waals surface area (Å²) < 4.78 is 29.6. The summed E-state index contributed by atoms with van der Waals surface area (Å²) in [7, 11) is -0.694. The molecule has 7 nitrogen and oxygen atoms in total. The fourth-order valence-electron chi connectivity index (χ4n) is 1.44. The molecule has 0 aromatic heterocycles. The van der Waals surface area contributed by atoms with Gasteiger partial charge >= 0.3 is 5.97 Å². The van der Waals surface area contributed by atoms with Gasteiger partial charge in [0.25, 0.3) is 5.91 Å². The van der Waals surface area contributed by atoms with E-state index >= 15 is 0 Å². The Bertz CT molecular complexity index is 608. The molecule has 0 heterocycles. The van der Waals surface area contributed by atoms with Gasteiger partial charge in [-0.1, -0.05) is 0 Å². The molecule has 0 saturated heterocycles. The predicted molar refractivity (Wildman–Crippen MR) is 76.3 cm³/mol. The summed E-state index contributed by atoms with van der Waals surface area (Å²) in [5.74, 6) is -1.08. The Kier molecular flexibility index (Phi) is 5.86. The number of carbonyl (C=O) groups is 2. The third-order valence-electron chi connectivity index (χ3n) is 2.58. The summed E-state index contributed by atoms with van der Waals surface area (Å²) in [4.78, 5) is 22.9. The first-order valence-electron chi connectivity index (χ1n) is 6.25. The van der Waals surface area contributed by atoms with E-state index in [4.69, 9.17) is 4.74 Å². The van der Waals surface area contributed by atoms with Crippen LogP contribution in [0.1, 0.15) is 17.3 Å². The number of sulfonamides is 1. The third kappa shape index (κ3) is 4.54. The summed E-state index contributed by atoms with van der Waals surface area (Å²) in [6, 6.07) is 5.32. The SMILES string of the molecule is CCNC(=O)COC(=O)c1ccc(S(=O)(=O)N(C)C)cc1. The maximum atomic E-state index is 11.9. The molecular weight excluding hydrogens is 296 g/mol. The molecule has 0 aliphatic carbocycles. The summed E-state index contributed by atoms with van der Waals surface area (Å²) in [6.45, 7) is 1.83. The second-order valence-corrected chi connectivity index (χ2v) is 6.49. The summed E-state index contributed by atoms with van der Waals surface area (Å²) in [5.41, 5.74) is 0.178. The number of amides is 1. The van der Waals surface area contributed by atoms with Gasteiger partial charge in [-0.25, -0.2) is 17.5 Å². The van der Waals surface area contributed by atoms with Gasteiger partial charge in [-0.3, -0.25) is 4.79 Å². The van der Waals surface area contributed by atoms with Crippen LogP contribution in [-0.2, 0) is 19.6 Å². The van der Waals surface area contributed by atoms with Crippen LogP contribution in [0.2, 0.25) is 0 Å². The molecule has 116 valence electrons. The lowest BCUT2D eigenvalue weighted by Gasteiger charge is -2.11. The number of likely N-dealkylation sites (N-methyl/N-ethyl adjacent to an activating group) is 1. The van der Waals surface area contributed by atoms with Crippen molar-refractivity contribution in [3.8, 4) is 0 Å². The van der Waals surface area contributed by atoms with E-state index in [-0.39, 0.29) is 17.1 Å². The first-order chi connectivity index (χ1) is 9.78. The van der Waals surface area contributed by atoms with Gasteiger partial charge in [0.1, 0.15) is 0 Å². The maximum Gasteiger partial charge on any atom is 0.338 e. The number of hydrogen-bond donors (Lipinski definition) is 1. The fourth-order valence-corrected chi connectivity index (χ4v) is 2.34. The molecule has 0 saturated carbocycles. The molecule has 0 radical (unpaired) electrons. The molecule has 0 spiro atoms. The zero-order valence-corrected chi connectivity index (χ0v) is 12.9. The number of esters is 1. The molecule has 1 aromatic carbocycles. The number of hydrogen-bond acceptors (Lipinski definition) is 5. The van der Waals surface area contributed by atoms with Gasteiger partial charge in [0, 0.05) is 20.6 Å². The van der Waals surface area contributed by atoms with Crippen LogP contribution in [0.3, 0.4) is 0 Å². The van der Waals surface area contributed by atoms with Gasteiger partial charge in [-0.05, 0) is 31.2 Å². The van der Waals surface area contributed by atoms with Crippen LogP contribution in [0.5, 0.6) is 0 Å². The van der Waals surface area contributed by atoms with Crippen LogP contribution in [0, 0.1) is 0 Å². The smallest absolute Gasteiger partial charge is 0.338 e. The summed E-state index contributed by atoms with van der Waals surface area (Å²) in [5, 5.41) is 2.49. The second-order valence-electron chi connectivity index (χ2n) is 4.34. The predicted octanol–water partition coefficient (Wildman–Crippen LogP) is 0.230. The number of benzene rings is 1. The quantitative estimate of drug-likeness (QED) is 0.759. The number of nitrogens with one attached hydrogen (secondary N) is 1. The van der Waals surface area contributed by atoms with Gasteiger partial charge in [-0.2, -0.15) is 0 Å². The molecule has 8 heteroatoms. The summed E-state index contributed by atoms with van der Waals surface area (Å²) in [6.07, 6.45) is 0. The molecule has 0 fully saturated rings. The molecule has 0 aliphatic heterocycles. The second kappa shape index (κ2) is 7.19. The van der Waals surface area contributed by atoms with E-state index in [1.807, 2.05) is 0 Å². The lowest BCUT2D eigenvalue weighted by Crippen LogP contribution is -2.28. The molecule has 0 bridgehead atoms. The molecular formula is C13H18N2O5S. The van der Waals surface area contributed by atoms with Crippen molar-refractivity contribution >= 4 is 21.9 Å². The van der Waals surface area contributed by atoms with Gasteiger partial charge in [0.15, 0.2) is 6.61 Å². The monoisotopic (exact) mass is 314 g/mol. The van der Waals surface area contributed by atoms with E-state index in [9.17, 15) is 18.0 Å². The number of ether oxygens (including phenoxy) is 1. The van der Waals surface area contributed by atoms with Crippen LogP contribution < -0.4 is 5.32 Å². The molecule has 1 aromatic rings. The molecule has 0 aliphatic rings. The van der Waals surface area contributed by atoms with Crippen LogP contribution in [0.15, 0.2) is 29.2 Å². The van der Waals surface area contributed by atoms with E-state index < -0.39 is 21.9 Å². The van der Waals surface area contributed by atoms with E-state index in [1.165, 1.54) is 38.4 Å². The fraction of sp³-hybridized carbons (Fsp3) is 0.385.